The maximum atomic E-state index is 11.5. The number of carboxylic acids is 1. The van der Waals surface area contributed by atoms with Gasteiger partial charge in [-0.05, 0) is 37.6 Å². The van der Waals surface area contributed by atoms with Crippen molar-refractivity contribution in [1.29, 1.82) is 5.26 Å². The van der Waals surface area contributed by atoms with Gasteiger partial charge < -0.3 is 14.6 Å². The van der Waals surface area contributed by atoms with E-state index >= 15 is 0 Å². The fourth-order valence-corrected chi connectivity index (χ4v) is 3.58. The van der Waals surface area contributed by atoms with Crippen LogP contribution in [-0.2, 0) is 4.79 Å². The molecular formula is C14H16ClNO3Si-. The number of nitriles is 1. The van der Waals surface area contributed by atoms with Crippen molar-refractivity contribution < 1.29 is 14.6 Å². The number of aliphatic carboxylic acids is 1. The number of aryl methyl sites for hydroxylation is 1. The molecule has 0 bridgehead atoms. The van der Waals surface area contributed by atoms with Gasteiger partial charge in [-0.3, -0.25) is 0 Å². The fraction of sp³-hybridized carbons (Fsp3) is 0.429. The molecule has 1 radical (unpaired) electrons. The highest BCUT2D eigenvalue weighted by atomic mass is 35.5. The van der Waals surface area contributed by atoms with Crippen LogP contribution in [0.25, 0.3) is 0 Å². The van der Waals surface area contributed by atoms with Crippen LogP contribution < -0.4 is 9.84 Å². The smallest absolute Gasteiger partial charge is 0.131 e. The lowest BCUT2D eigenvalue weighted by molar-refractivity contribution is -0.316. The van der Waals surface area contributed by atoms with E-state index < -0.39 is 20.0 Å². The summed E-state index contributed by atoms with van der Waals surface area (Å²) in [7, 11) is -1.66. The van der Waals surface area contributed by atoms with E-state index in [-0.39, 0.29) is 5.54 Å². The minimum Gasteiger partial charge on any atom is -0.546 e. The molecular weight excluding hydrogens is 294 g/mol. The highest BCUT2D eigenvalue weighted by Crippen LogP contribution is 2.29. The molecule has 6 heteroatoms. The molecule has 0 heterocycles. The summed E-state index contributed by atoms with van der Waals surface area (Å²) in [5.41, 5.74) is 0.361. The summed E-state index contributed by atoms with van der Waals surface area (Å²) in [5.74, 6) is -0.860. The highest BCUT2D eigenvalue weighted by Gasteiger charge is 2.40. The Balaban J connectivity index is 3.15. The largest absolute Gasteiger partial charge is 0.546 e. The monoisotopic (exact) mass is 309 g/mol. The number of halogens is 1. The number of carbonyl (C=O) groups excluding carboxylic acids is 1. The van der Waals surface area contributed by atoms with Crippen LogP contribution in [0.5, 0.6) is 5.75 Å². The molecule has 2 atom stereocenters. The fourth-order valence-electron chi connectivity index (χ4n) is 1.74. The number of carbonyl (C=O) groups is 1. The van der Waals surface area contributed by atoms with Gasteiger partial charge in [0, 0.05) is 10.6 Å². The van der Waals surface area contributed by atoms with Crippen LogP contribution in [0.2, 0.25) is 17.1 Å². The topological polar surface area (TPSA) is 73.2 Å². The Morgan fingerprint density at radius 2 is 2.20 bits per heavy atom. The molecule has 0 saturated heterocycles. The van der Waals surface area contributed by atoms with Gasteiger partial charge in [0.15, 0.2) is 0 Å². The molecule has 1 rings (SSSR count). The summed E-state index contributed by atoms with van der Waals surface area (Å²) in [5, 5.41) is 19.6. The first kappa shape index (κ1) is 16.5. The van der Waals surface area contributed by atoms with Gasteiger partial charge in [0.2, 0.25) is 0 Å². The summed E-state index contributed by atoms with van der Waals surface area (Å²) in [4.78, 5) is 11.5. The standard InChI is InChI=1S/C14H17ClNO3Si/c1-9-7-11(15)5-6-12(9)19-14(3,13(17)18)20(4)10(2)8-16/h5-7,10H,1-4H3,(H,17,18)/p-1. The van der Waals surface area contributed by atoms with Gasteiger partial charge in [0.25, 0.3) is 0 Å². The predicted molar refractivity (Wildman–Crippen MR) is 76.9 cm³/mol. The number of rotatable bonds is 5. The van der Waals surface area contributed by atoms with Crippen LogP contribution in [-0.4, -0.2) is 20.0 Å². The van der Waals surface area contributed by atoms with Crippen LogP contribution in [0.15, 0.2) is 18.2 Å². The van der Waals surface area contributed by atoms with E-state index in [2.05, 4.69) is 6.07 Å². The first-order chi connectivity index (χ1) is 9.22. The van der Waals surface area contributed by atoms with Crippen molar-refractivity contribution in [2.75, 3.05) is 0 Å². The lowest BCUT2D eigenvalue weighted by Crippen LogP contribution is -2.60. The number of nitrogens with zero attached hydrogens (tertiary/aromatic N) is 1. The molecule has 107 valence electrons. The normalized spacial score (nSPS) is 15.2. The molecule has 0 saturated carbocycles. The molecule has 0 fully saturated rings. The van der Waals surface area contributed by atoms with Crippen molar-refractivity contribution in [1.82, 2.24) is 0 Å². The molecule has 2 unspecified atom stereocenters. The van der Waals surface area contributed by atoms with Crippen molar-refractivity contribution in [2.45, 2.75) is 38.1 Å². The third kappa shape index (κ3) is 3.32. The average Bonchev–Trinajstić information content (AvgIpc) is 2.39. The quantitative estimate of drug-likeness (QED) is 0.781. The third-order valence-corrected chi connectivity index (χ3v) is 6.91. The predicted octanol–water partition coefficient (Wildman–Crippen LogP) is 2.11. The lowest BCUT2D eigenvalue weighted by Gasteiger charge is -2.37. The second-order valence-electron chi connectivity index (χ2n) is 4.87. The summed E-state index contributed by atoms with van der Waals surface area (Å²) < 4.78 is 5.71. The Bertz CT molecular complexity index is 558. The third-order valence-electron chi connectivity index (χ3n) is 3.44. The summed E-state index contributed by atoms with van der Waals surface area (Å²) in [6.45, 7) is 6.72. The first-order valence-corrected chi connectivity index (χ1v) is 8.58. The average molecular weight is 310 g/mol. The van der Waals surface area contributed by atoms with Crippen molar-refractivity contribution in [3.05, 3.63) is 28.8 Å². The first-order valence-electron chi connectivity index (χ1n) is 6.12. The van der Waals surface area contributed by atoms with Gasteiger partial charge >= 0.3 is 0 Å². The van der Waals surface area contributed by atoms with Gasteiger partial charge in [-0.15, -0.1) is 0 Å². The Morgan fingerprint density at radius 1 is 1.60 bits per heavy atom. The molecule has 0 aromatic heterocycles. The van der Waals surface area contributed by atoms with Gasteiger partial charge in [0.05, 0.1) is 12.0 Å². The summed E-state index contributed by atoms with van der Waals surface area (Å²) in [6, 6.07) is 7.05. The highest BCUT2D eigenvalue weighted by molar-refractivity contribution is 6.66. The van der Waals surface area contributed by atoms with Gasteiger partial charge in [-0.1, -0.05) is 25.1 Å². The number of carboxylic acid groups (broad SMARTS) is 1. The summed E-state index contributed by atoms with van der Waals surface area (Å²) in [6.07, 6.45) is 0. The van der Waals surface area contributed by atoms with Gasteiger partial charge in [-0.25, -0.2) is 0 Å². The van der Waals surface area contributed by atoms with Crippen LogP contribution >= 0.6 is 11.6 Å². The molecule has 0 N–H and O–H groups in total. The van der Waals surface area contributed by atoms with Crippen LogP contribution in [0, 0.1) is 18.3 Å². The lowest BCUT2D eigenvalue weighted by atomic mass is 10.2. The van der Waals surface area contributed by atoms with E-state index in [0.717, 1.165) is 5.56 Å². The van der Waals surface area contributed by atoms with E-state index in [1.165, 1.54) is 6.92 Å². The molecule has 20 heavy (non-hydrogen) atoms. The Labute approximate surface area is 125 Å². The second kappa shape index (κ2) is 6.29. The van der Waals surface area contributed by atoms with E-state index in [1.807, 2.05) is 0 Å². The van der Waals surface area contributed by atoms with Crippen molar-refractivity contribution in [3.8, 4) is 11.8 Å². The van der Waals surface area contributed by atoms with E-state index in [4.69, 9.17) is 21.6 Å². The van der Waals surface area contributed by atoms with Crippen LogP contribution in [0.1, 0.15) is 19.4 Å². The van der Waals surface area contributed by atoms with Crippen LogP contribution in [0.4, 0.5) is 0 Å². The maximum absolute atomic E-state index is 11.5. The molecule has 0 amide bonds. The second-order valence-corrected chi connectivity index (χ2v) is 8.49. The molecule has 1 aromatic rings. The van der Waals surface area contributed by atoms with Crippen LogP contribution in [0.3, 0.4) is 0 Å². The van der Waals surface area contributed by atoms with E-state index in [9.17, 15) is 9.90 Å². The SMILES string of the molecule is Cc1cc(Cl)ccc1OC(C)(C(=O)[O-])[Si](C)C(C)C#N. The molecule has 4 nitrogen and oxygen atoms in total. The minimum atomic E-state index is -1.66. The minimum absolute atomic E-state index is 0.379. The van der Waals surface area contributed by atoms with E-state index in [1.54, 1.807) is 38.6 Å². The van der Waals surface area contributed by atoms with Crippen molar-refractivity contribution in [3.63, 3.8) is 0 Å². The number of hydrogen-bond acceptors (Lipinski definition) is 4. The zero-order valence-electron chi connectivity index (χ0n) is 11.9. The molecule has 0 aliphatic heterocycles. The van der Waals surface area contributed by atoms with Crippen molar-refractivity contribution in [2.24, 2.45) is 0 Å². The number of ether oxygens (including phenoxy) is 1. The Kier molecular flexibility index (Phi) is 5.20. The molecule has 1 aromatic carbocycles. The Morgan fingerprint density at radius 3 is 2.65 bits per heavy atom. The maximum Gasteiger partial charge on any atom is 0.131 e. The zero-order valence-corrected chi connectivity index (χ0v) is 13.6. The Hall–Kier alpha value is -1.51. The molecule has 0 aliphatic rings. The van der Waals surface area contributed by atoms with Crippen molar-refractivity contribution >= 4 is 26.4 Å². The number of hydrogen-bond donors (Lipinski definition) is 0. The number of benzene rings is 1. The zero-order chi connectivity index (χ0) is 15.5. The van der Waals surface area contributed by atoms with E-state index in [0.29, 0.717) is 10.8 Å². The summed E-state index contributed by atoms with van der Waals surface area (Å²) >= 11 is 5.87. The van der Waals surface area contributed by atoms with Gasteiger partial charge in [-0.2, -0.15) is 5.26 Å². The molecule has 0 aliphatic carbocycles. The van der Waals surface area contributed by atoms with Gasteiger partial charge in [0.1, 0.15) is 19.8 Å². The molecule has 0 spiro atoms.